The number of hydrogen-bond donors (Lipinski definition) is 2. The van der Waals surface area contributed by atoms with Crippen molar-refractivity contribution in [3.63, 3.8) is 0 Å². The van der Waals surface area contributed by atoms with E-state index in [4.69, 9.17) is 5.73 Å². The molecule has 1 fully saturated rings. The van der Waals surface area contributed by atoms with Crippen molar-refractivity contribution in [1.29, 1.82) is 0 Å². The summed E-state index contributed by atoms with van der Waals surface area (Å²) in [5.74, 6) is 0.0666. The molecule has 6 heteroatoms. The first-order chi connectivity index (χ1) is 9.82. The van der Waals surface area contributed by atoms with Crippen molar-refractivity contribution < 1.29 is 13.5 Å². The van der Waals surface area contributed by atoms with Gasteiger partial charge in [-0.2, -0.15) is 0 Å². The predicted molar refractivity (Wildman–Crippen MR) is 82.7 cm³/mol. The summed E-state index contributed by atoms with van der Waals surface area (Å²) >= 11 is 0. The van der Waals surface area contributed by atoms with Crippen molar-refractivity contribution in [3.05, 3.63) is 29.8 Å². The van der Waals surface area contributed by atoms with Crippen LogP contribution in [0.4, 0.5) is 0 Å². The number of rotatable bonds is 5. The topological polar surface area (TPSA) is 83.6 Å². The smallest absolute Gasteiger partial charge is 0.179 e. The highest BCUT2D eigenvalue weighted by Gasteiger charge is 2.29. The summed E-state index contributed by atoms with van der Waals surface area (Å²) in [6, 6.07) is 6.80. The number of hydrogen-bond acceptors (Lipinski definition) is 5. The fraction of sp³-hybridized carbons (Fsp3) is 0.600. The fourth-order valence-corrected chi connectivity index (χ4v) is 4.10. The first-order valence-corrected chi connectivity index (χ1v) is 8.94. The second-order valence-corrected chi connectivity index (χ2v) is 8.16. The molecule has 1 aromatic rings. The highest BCUT2D eigenvalue weighted by Crippen LogP contribution is 2.20. The van der Waals surface area contributed by atoms with Crippen LogP contribution >= 0.6 is 0 Å². The second kappa shape index (κ2) is 6.44. The maximum atomic E-state index is 12.4. The van der Waals surface area contributed by atoms with Crippen LogP contribution in [0.1, 0.15) is 25.3 Å². The Kier molecular flexibility index (Phi) is 5.03. The Labute approximate surface area is 126 Å². The normalized spacial score (nSPS) is 24.1. The lowest BCUT2D eigenvalue weighted by Gasteiger charge is -2.36. The number of likely N-dealkylation sites (tertiary alicyclic amines) is 1. The highest BCUT2D eigenvalue weighted by molar-refractivity contribution is 7.91. The van der Waals surface area contributed by atoms with Gasteiger partial charge in [-0.3, -0.25) is 4.90 Å². The molecule has 0 radical (unpaired) electrons. The van der Waals surface area contributed by atoms with Gasteiger partial charge in [-0.1, -0.05) is 12.1 Å². The van der Waals surface area contributed by atoms with Gasteiger partial charge in [-0.25, -0.2) is 8.42 Å². The van der Waals surface area contributed by atoms with Gasteiger partial charge < -0.3 is 10.8 Å². The molecular formula is C15H24N2O3S. The summed E-state index contributed by atoms with van der Waals surface area (Å²) in [7, 11) is -3.31. The molecule has 0 spiro atoms. The van der Waals surface area contributed by atoms with Gasteiger partial charge in [-0.05, 0) is 44.0 Å². The monoisotopic (exact) mass is 312 g/mol. The van der Waals surface area contributed by atoms with Gasteiger partial charge in [0.05, 0.1) is 16.2 Å². The van der Waals surface area contributed by atoms with E-state index >= 15 is 0 Å². The van der Waals surface area contributed by atoms with Crippen LogP contribution in [0.15, 0.2) is 29.2 Å². The highest BCUT2D eigenvalue weighted by atomic mass is 32.2. The molecule has 1 aliphatic rings. The molecule has 0 aliphatic carbocycles. The van der Waals surface area contributed by atoms with Crippen LogP contribution in [-0.4, -0.2) is 49.4 Å². The third kappa shape index (κ3) is 4.51. The number of sulfone groups is 1. The largest absolute Gasteiger partial charge is 0.389 e. The first-order valence-electron chi connectivity index (χ1n) is 7.29. The Hall–Kier alpha value is -0.950. The Bertz CT molecular complexity index is 584. The third-order valence-electron chi connectivity index (χ3n) is 3.92. The van der Waals surface area contributed by atoms with E-state index in [1.54, 1.807) is 25.1 Å². The van der Waals surface area contributed by atoms with Crippen molar-refractivity contribution in [1.82, 2.24) is 4.90 Å². The van der Waals surface area contributed by atoms with E-state index in [2.05, 4.69) is 0 Å². The molecule has 0 bridgehead atoms. The number of benzene rings is 1. The Balaban J connectivity index is 2.01. The van der Waals surface area contributed by atoms with Crippen LogP contribution in [0.3, 0.4) is 0 Å². The number of β-amino-alcohol motifs (C(OH)–C–C–N with tert-alkyl or cyclic N) is 1. The Morgan fingerprint density at radius 1 is 1.43 bits per heavy atom. The zero-order valence-electron chi connectivity index (χ0n) is 12.5. The molecule has 21 heavy (non-hydrogen) atoms. The summed E-state index contributed by atoms with van der Waals surface area (Å²) < 4.78 is 24.7. The number of aliphatic hydroxyl groups is 1. The number of piperidine rings is 1. The van der Waals surface area contributed by atoms with Crippen molar-refractivity contribution in [2.75, 3.05) is 25.4 Å². The fourth-order valence-electron chi connectivity index (χ4n) is 2.75. The van der Waals surface area contributed by atoms with E-state index in [1.165, 1.54) is 0 Å². The van der Waals surface area contributed by atoms with E-state index in [9.17, 15) is 13.5 Å². The number of nitrogens with two attached hydrogens (primary N) is 1. The lowest BCUT2D eigenvalue weighted by atomic mass is 9.95. The molecule has 2 rings (SSSR count). The van der Waals surface area contributed by atoms with Gasteiger partial charge in [-0.15, -0.1) is 0 Å². The molecule has 1 aliphatic heterocycles. The average molecular weight is 312 g/mol. The molecule has 118 valence electrons. The van der Waals surface area contributed by atoms with E-state index in [0.717, 1.165) is 24.9 Å². The minimum Gasteiger partial charge on any atom is -0.389 e. The third-order valence-corrected chi connectivity index (χ3v) is 5.62. The first kappa shape index (κ1) is 16.4. The summed E-state index contributed by atoms with van der Waals surface area (Å²) in [5.41, 5.74) is 5.66. The minimum absolute atomic E-state index is 0.0666. The van der Waals surface area contributed by atoms with Gasteiger partial charge in [0.25, 0.3) is 0 Å². The lowest BCUT2D eigenvalue weighted by Crippen LogP contribution is -2.47. The zero-order chi connectivity index (χ0) is 15.5. The zero-order valence-corrected chi connectivity index (χ0v) is 13.3. The van der Waals surface area contributed by atoms with E-state index < -0.39 is 15.4 Å². The van der Waals surface area contributed by atoms with Crippen molar-refractivity contribution in [2.24, 2.45) is 5.73 Å². The molecule has 1 saturated heterocycles. The molecule has 0 amide bonds. The summed E-state index contributed by atoms with van der Waals surface area (Å²) in [5, 5.41) is 10.1. The lowest BCUT2D eigenvalue weighted by molar-refractivity contribution is -0.0134. The molecule has 1 atom stereocenters. The average Bonchev–Trinajstić information content (AvgIpc) is 2.44. The maximum Gasteiger partial charge on any atom is 0.179 e. The van der Waals surface area contributed by atoms with Gasteiger partial charge in [0, 0.05) is 19.6 Å². The standard InChI is InChI=1S/C15H24N2O3S/c1-15(18)6-3-7-17(12-15)8-9-21(19,20)14-5-2-4-13(10-14)11-16/h2,4-5,10,18H,3,6-9,11-12,16H2,1H3. The van der Waals surface area contributed by atoms with Crippen LogP contribution in [0, 0.1) is 0 Å². The van der Waals surface area contributed by atoms with Crippen LogP contribution < -0.4 is 5.73 Å². The van der Waals surface area contributed by atoms with Crippen LogP contribution in [-0.2, 0) is 16.4 Å². The Morgan fingerprint density at radius 2 is 2.19 bits per heavy atom. The molecule has 5 nitrogen and oxygen atoms in total. The van der Waals surface area contributed by atoms with E-state index in [0.29, 0.717) is 24.5 Å². The quantitative estimate of drug-likeness (QED) is 0.839. The SMILES string of the molecule is CC1(O)CCCN(CCS(=O)(=O)c2cccc(CN)c2)C1. The second-order valence-electron chi connectivity index (χ2n) is 6.05. The van der Waals surface area contributed by atoms with Crippen LogP contribution in [0.5, 0.6) is 0 Å². The number of nitrogens with zero attached hydrogens (tertiary/aromatic N) is 1. The molecule has 0 saturated carbocycles. The van der Waals surface area contributed by atoms with Crippen molar-refractivity contribution in [3.8, 4) is 0 Å². The van der Waals surface area contributed by atoms with Gasteiger partial charge in [0.15, 0.2) is 9.84 Å². The predicted octanol–water partition coefficient (Wildman–Crippen LogP) is 0.766. The molecule has 1 aromatic carbocycles. The minimum atomic E-state index is -3.31. The summed E-state index contributed by atoms with van der Waals surface area (Å²) in [4.78, 5) is 2.35. The molecular weight excluding hydrogens is 288 g/mol. The van der Waals surface area contributed by atoms with Crippen molar-refractivity contribution in [2.45, 2.75) is 36.8 Å². The maximum absolute atomic E-state index is 12.4. The van der Waals surface area contributed by atoms with Gasteiger partial charge >= 0.3 is 0 Å². The molecule has 1 heterocycles. The molecule has 0 aromatic heterocycles. The van der Waals surface area contributed by atoms with Gasteiger partial charge in [0.2, 0.25) is 0 Å². The summed E-state index contributed by atoms with van der Waals surface area (Å²) in [6.45, 7) is 3.96. The van der Waals surface area contributed by atoms with Gasteiger partial charge in [0.1, 0.15) is 0 Å². The van der Waals surface area contributed by atoms with Crippen molar-refractivity contribution >= 4 is 9.84 Å². The van der Waals surface area contributed by atoms with Crippen LogP contribution in [0.25, 0.3) is 0 Å². The molecule has 3 N–H and O–H groups in total. The summed E-state index contributed by atoms with van der Waals surface area (Å²) in [6.07, 6.45) is 1.67. The Morgan fingerprint density at radius 3 is 2.86 bits per heavy atom. The van der Waals surface area contributed by atoms with Crippen LogP contribution in [0.2, 0.25) is 0 Å². The van der Waals surface area contributed by atoms with E-state index in [1.807, 2.05) is 11.0 Å². The molecule has 1 unspecified atom stereocenters. The van der Waals surface area contributed by atoms with E-state index in [-0.39, 0.29) is 5.75 Å².